The first-order chi connectivity index (χ1) is 9.69. The first kappa shape index (κ1) is 14.5. The van der Waals surface area contributed by atoms with Crippen molar-refractivity contribution >= 4 is 34.7 Å². The van der Waals surface area contributed by atoms with Crippen molar-refractivity contribution in [3.8, 4) is 5.75 Å². The number of rotatable bonds is 4. The van der Waals surface area contributed by atoms with Gasteiger partial charge in [-0.05, 0) is 70.6 Å². The number of benzene rings is 2. The minimum Gasteiger partial charge on any atom is -0.497 e. The van der Waals surface area contributed by atoms with Crippen LogP contribution in [0.15, 0.2) is 53.6 Å². The molecule has 2 aromatic rings. The van der Waals surface area contributed by atoms with Crippen molar-refractivity contribution in [1.82, 2.24) is 5.43 Å². The van der Waals surface area contributed by atoms with Gasteiger partial charge in [0.25, 0.3) is 5.91 Å². The van der Waals surface area contributed by atoms with E-state index in [1.165, 1.54) is 0 Å². The molecule has 0 spiro atoms. The van der Waals surface area contributed by atoms with Crippen molar-refractivity contribution in [1.29, 1.82) is 0 Å². The van der Waals surface area contributed by atoms with E-state index in [4.69, 9.17) is 4.74 Å². The van der Waals surface area contributed by atoms with Crippen LogP contribution >= 0.6 is 22.6 Å². The van der Waals surface area contributed by atoms with E-state index in [1.54, 1.807) is 25.5 Å². The molecule has 4 nitrogen and oxygen atoms in total. The zero-order valence-corrected chi connectivity index (χ0v) is 13.0. The van der Waals surface area contributed by atoms with Gasteiger partial charge in [-0.15, -0.1) is 0 Å². The van der Waals surface area contributed by atoms with E-state index in [9.17, 15) is 4.79 Å². The lowest BCUT2D eigenvalue weighted by molar-refractivity contribution is 0.0955. The molecule has 0 aliphatic rings. The van der Waals surface area contributed by atoms with Crippen molar-refractivity contribution in [3.05, 3.63) is 63.2 Å². The molecule has 0 saturated heterocycles. The van der Waals surface area contributed by atoms with Crippen LogP contribution in [0, 0.1) is 3.57 Å². The van der Waals surface area contributed by atoms with E-state index in [0.29, 0.717) is 5.56 Å². The maximum atomic E-state index is 11.8. The van der Waals surface area contributed by atoms with E-state index in [2.05, 4.69) is 33.1 Å². The molecule has 2 rings (SSSR count). The molecule has 20 heavy (non-hydrogen) atoms. The molecule has 1 N–H and O–H groups in total. The molecule has 0 bridgehead atoms. The summed E-state index contributed by atoms with van der Waals surface area (Å²) in [7, 11) is 1.62. The average Bonchev–Trinajstić information content (AvgIpc) is 2.48. The van der Waals surface area contributed by atoms with E-state index >= 15 is 0 Å². The Kier molecular flexibility index (Phi) is 5.11. The summed E-state index contributed by atoms with van der Waals surface area (Å²) in [6, 6.07) is 14.7. The summed E-state index contributed by atoms with van der Waals surface area (Å²) < 4.78 is 6.07. The van der Waals surface area contributed by atoms with Gasteiger partial charge in [-0.1, -0.05) is 6.07 Å². The monoisotopic (exact) mass is 380 g/mol. The van der Waals surface area contributed by atoms with E-state index in [0.717, 1.165) is 14.9 Å². The minimum absolute atomic E-state index is 0.228. The van der Waals surface area contributed by atoms with Gasteiger partial charge in [-0.3, -0.25) is 4.79 Å². The maximum Gasteiger partial charge on any atom is 0.271 e. The first-order valence-corrected chi connectivity index (χ1v) is 7.00. The summed E-state index contributed by atoms with van der Waals surface area (Å²) >= 11 is 2.16. The molecule has 5 heteroatoms. The summed E-state index contributed by atoms with van der Waals surface area (Å²) in [6.07, 6.45) is 1.59. The number of methoxy groups -OCH3 is 1. The molecular formula is C15H13IN2O2. The molecule has 0 saturated carbocycles. The van der Waals surface area contributed by atoms with Gasteiger partial charge in [0, 0.05) is 9.13 Å². The van der Waals surface area contributed by atoms with Gasteiger partial charge in [-0.25, -0.2) is 5.43 Å². The Morgan fingerprint density at radius 1 is 1.25 bits per heavy atom. The van der Waals surface area contributed by atoms with Crippen LogP contribution in [0.5, 0.6) is 5.75 Å². The molecule has 1 amide bonds. The summed E-state index contributed by atoms with van der Waals surface area (Å²) in [5, 5.41) is 3.94. The Bertz CT molecular complexity index is 624. The Morgan fingerprint density at radius 2 is 2.00 bits per heavy atom. The largest absolute Gasteiger partial charge is 0.497 e. The molecule has 0 atom stereocenters. The van der Waals surface area contributed by atoms with Gasteiger partial charge in [0.05, 0.1) is 13.3 Å². The quantitative estimate of drug-likeness (QED) is 0.504. The number of nitrogens with one attached hydrogen (secondary N) is 1. The second-order valence-corrected chi connectivity index (χ2v) is 5.23. The van der Waals surface area contributed by atoms with E-state index in [1.807, 2.05) is 36.4 Å². The summed E-state index contributed by atoms with van der Waals surface area (Å²) in [5.41, 5.74) is 3.97. The van der Waals surface area contributed by atoms with Crippen LogP contribution in [-0.2, 0) is 0 Å². The van der Waals surface area contributed by atoms with Crippen LogP contribution in [0.3, 0.4) is 0 Å². The smallest absolute Gasteiger partial charge is 0.271 e. The van der Waals surface area contributed by atoms with Crippen LogP contribution in [0.4, 0.5) is 0 Å². The molecule has 0 aliphatic heterocycles. The lowest BCUT2D eigenvalue weighted by Crippen LogP contribution is -2.17. The average molecular weight is 380 g/mol. The number of nitrogens with zero attached hydrogens (tertiary/aromatic N) is 1. The number of hydrazone groups is 1. The Morgan fingerprint density at radius 3 is 2.65 bits per heavy atom. The number of halogens is 1. The number of hydrogen-bond acceptors (Lipinski definition) is 3. The molecule has 0 unspecified atom stereocenters. The van der Waals surface area contributed by atoms with Crippen molar-refractivity contribution in [2.45, 2.75) is 0 Å². The fourth-order valence-electron chi connectivity index (χ4n) is 1.55. The zero-order valence-electron chi connectivity index (χ0n) is 10.8. The molecule has 0 heterocycles. The number of ether oxygens (including phenoxy) is 1. The van der Waals surface area contributed by atoms with Crippen LogP contribution in [0.2, 0.25) is 0 Å². The molecule has 0 fully saturated rings. The van der Waals surface area contributed by atoms with Gasteiger partial charge in [0.15, 0.2) is 0 Å². The molecule has 0 radical (unpaired) electrons. The second kappa shape index (κ2) is 7.04. The van der Waals surface area contributed by atoms with Gasteiger partial charge in [0.1, 0.15) is 5.75 Å². The van der Waals surface area contributed by atoms with Crippen LogP contribution in [0.1, 0.15) is 15.9 Å². The summed E-state index contributed by atoms with van der Waals surface area (Å²) in [6.45, 7) is 0. The number of carbonyl (C=O) groups excluding carboxylic acids is 1. The highest BCUT2D eigenvalue weighted by Crippen LogP contribution is 2.10. The SMILES string of the molecule is COc1ccc(/C=N\NC(=O)c2cccc(I)c2)cc1. The molecule has 0 aliphatic carbocycles. The minimum atomic E-state index is -0.228. The van der Waals surface area contributed by atoms with Crippen molar-refractivity contribution < 1.29 is 9.53 Å². The highest BCUT2D eigenvalue weighted by molar-refractivity contribution is 14.1. The third-order valence-corrected chi connectivity index (χ3v) is 3.25. The number of carbonyl (C=O) groups is 1. The molecule has 0 aromatic heterocycles. The summed E-state index contributed by atoms with van der Waals surface area (Å²) in [5.74, 6) is 0.554. The Labute approximate surface area is 131 Å². The lowest BCUT2D eigenvalue weighted by atomic mass is 10.2. The molecule has 2 aromatic carbocycles. The van der Waals surface area contributed by atoms with E-state index < -0.39 is 0 Å². The fourth-order valence-corrected chi connectivity index (χ4v) is 2.09. The predicted molar refractivity (Wildman–Crippen MR) is 87.2 cm³/mol. The molecule has 102 valence electrons. The zero-order chi connectivity index (χ0) is 14.4. The highest BCUT2D eigenvalue weighted by Gasteiger charge is 2.03. The van der Waals surface area contributed by atoms with Gasteiger partial charge >= 0.3 is 0 Å². The van der Waals surface area contributed by atoms with Crippen molar-refractivity contribution in [3.63, 3.8) is 0 Å². The van der Waals surface area contributed by atoms with Gasteiger partial charge in [0.2, 0.25) is 0 Å². The topological polar surface area (TPSA) is 50.7 Å². The van der Waals surface area contributed by atoms with Crippen LogP contribution < -0.4 is 10.2 Å². The van der Waals surface area contributed by atoms with Gasteiger partial charge in [-0.2, -0.15) is 5.10 Å². The Hall–Kier alpha value is -1.89. The number of amides is 1. The third-order valence-electron chi connectivity index (χ3n) is 2.58. The third kappa shape index (κ3) is 4.06. The van der Waals surface area contributed by atoms with Crippen LogP contribution in [-0.4, -0.2) is 19.2 Å². The highest BCUT2D eigenvalue weighted by atomic mass is 127. The lowest BCUT2D eigenvalue weighted by Gasteiger charge is -2.01. The maximum absolute atomic E-state index is 11.8. The Balaban J connectivity index is 1.97. The van der Waals surface area contributed by atoms with Crippen molar-refractivity contribution in [2.24, 2.45) is 5.10 Å². The first-order valence-electron chi connectivity index (χ1n) is 5.92. The van der Waals surface area contributed by atoms with Gasteiger partial charge < -0.3 is 4.74 Å². The summed E-state index contributed by atoms with van der Waals surface area (Å²) in [4.78, 5) is 11.8. The normalized spacial score (nSPS) is 10.5. The van der Waals surface area contributed by atoms with Crippen LogP contribution in [0.25, 0.3) is 0 Å². The standard InChI is InChI=1S/C15H13IN2O2/c1-20-14-7-5-11(6-8-14)10-17-18-15(19)12-3-2-4-13(16)9-12/h2-10H,1H3,(H,18,19)/b17-10-. The van der Waals surface area contributed by atoms with E-state index in [-0.39, 0.29) is 5.91 Å². The fraction of sp³-hybridized carbons (Fsp3) is 0.0667. The molecular weight excluding hydrogens is 367 g/mol. The number of hydrogen-bond donors (Lipinski definition) is 1. The predicted octanol–water partition coefficient (Wildman–Crippen LogP) is 3.06. The second-order valence-electron chi connectivity index (χ2n) is 3.98. The van der Waals surface area contributed by atoms with Crippen molar-refractivity contribution in [2.75, 3.05) is 7.11 Å².